The molecule has 18 heavy (non-hydrogen) atoms. The Labute approximate surface area is 105 Å². The lowest BCUT2D eigenvalue weighted by Crippen LogP contribution is -2.20. The smallest absolute Gasteiger partial charge is 0.166 e. The van der Waals surface area contributed by atoms with Crippen LogP contribution in [0.15, 0.2) is 73.1 Å². The van der Waals surface area contributed by atoms with Crippen molar-refractivity contribution in [1.82, 2.24) is 0 Å². The molecule has 0 spiro atoms. The van der Waals surface area contributed by atoms with Gasteiger partial charge in [-0.15, -0.1) is 0 Å². The number of hydrogen-bond acceptors (Lipinski definition) is 0. The summed E-state index contributed by atoms with van der Waals surface area (Å²) in [5, 5.41) is 5.18. The zero-order valence-corrected chi connectivity index (χ0v) is 9.88. The van der Waals surface area contributed by atoms with Gasteiger partial charge in [-0.1, -0.05) is 36.4 Å². The van der Waals surface area contributed by atoms with Crippen molar-refractivity contribution in [3.05, 3.63) is 73.1 Å². The molecule has 1 nitrogen and oxygen atoms in total. The predicted octanol–water partition coefficient (Wildman–Crippen LogP) is 3.73. The van der Waals surface area contributed by atoms with Gasteiger partial charge in [0.05, 0.1) is 10.8 Å². The number of fused-ring (bicyclic) bond motifs is 5. The molecule has 0 unspecified atom stereocenters. The summed E-state index contributed by atoms with van der Waals surface area (Å²) in [6.07, 6.45) is 4.26. The molecule has 0 saturated heterocycles. The number of pyridine rings is 2. The summed E-state index contributed by atoms with van der Waals surface area (Å²) < 4.78 is 2.20. The van der Waals surface area contributed by atoms with Gasteiger partial charge < -0.3 is 0 Å². The van der Waals surface area contributed by atoms with E-state index in [1.54, 1.807) is 0 Å². The molecule has 0 saturated carbocycles. The average Bonchev–Trinajstić information content (AvgIpc) is 2.46. The third-order valence-corrected chi connectivity index (χ3v) is 3.52. The topological polar surface area (TPSA) is 4.10 Å². The van der Waals surface area contributed by atoms with Gasteiger partial charge in [-0.25, -0.2) is 0 Å². The Morgan fingerprint density at radius 1 is 0.556 bits per heavy atom. The van der Waals surface area contributed by atoms with Crippen molar-refractivity contribution in [1.29, 1.82) is 0 Å². The monoisotopic (exact) mass is 230 g/mol. The minimum Gasteiger partial charge on any atom is -0.166 e. The maximum atomic E-state index is 2.20. The van der Waals surface area contributed by atoms with E-state index in [2.05, 4.69) is 77.5 Å². The normalized spacial score (nSPS) is 11.3. The lowest BCUT2D eigenvalue weighted by atomic mass is 10.1. The van der Waals surface area contributed by atoms with E-state index in [0.29, 0.717) is 0 Å². The molecular formula is C17H12N+. The highest BCUT2D eigenvalue weighted by Gasteiger charge is 2.10. The van der Waals surface area contributed by atoms with Crippen LogP contribution in [-0.4, -0.2) is 0 Å². The highest BCUT2D eigenvalue weighted by Crippen LogP contribution is 2.23. The first-order chi connectivity index (χ1) is 8.93. The molecule has 0 N–H and O–H groups in total. The van der Waals surface area contributed by atoms with Crippen LogP contribution in [0.25, 0.3) is 27.1 Å². The van der Waals surface area contributed by atoms with Crippen molar-refractivity contribution in [2.24, 2.45) is 0 Å². The lowest BCUT2D eigenvalue weighted by molar-refractivity contribution is -0.509. The molecule has 84 valence electrons. The molecular weight excluding hydrogens is 218 g/mol. The Kier molecular flexibility index (Phi) is 1.89. The van der Waals surface area contributed by atoms with Crippen LogP contribution in [0.2, 0.25) is 0 Å². The molecule has 4 aromatic rings. The highest BCUT2D eigenvalue weighted by molar-refractivity contribution is 6.07. The third-order valence-electron chi connectivity index (χ3n) is 3.52. The Morgan fingerprint density at radius 3 is 1.61 bits per heavy atom. The second-order valence-corrected chi connectivity index (χ2v) is 4.56. The van der Waals surface area contributed by atoms with E-state index >= 15 is 0 Å². The van der Waals surface area contributed by atoms with Crippen molar-refractivity contribution in [2.45, 2.75) is 0 Å². The van der Waals surface area contributed by atoms with E-state index in [1.165, 1.54) is 27.1 Å². The van der Waals surface area contributed by atoms with Gasteiger partial charge in [0, 0.05) is 12.1 Å². The molecule has 4 rings (SSSR count). The van der Waals surface area contributed by atoms with Crippen LogP contribution in [0.3, 0.4) is 0 Å². The fraction of sp³-hybridized carbons (Fsp3) is 0. The standard InChI is InChI=1S/C17H12N/c1-3-7-15-13(5-1)9-11-18-12-10-14-6-2-4-8-16(14)17(15)18/h1-12H/q+1. The fourth-order valence-corrected chi connectivity index (χ4v) is 2.66. The molecule has 0 aliphatic rings. The summed E-state index contributed by atoms with van der Waals surface area (Å²) in [5.74, 6) is 0. The molecule has 0 atom stereocenters. The highest BCUT2D eigenvalue weighted by atomic mass is 14.8. The first-order valence-electron chi connectivity index (χ1n) is 6.14. The van der Waals surface area contributed by atoms with Crippen molar-refractivity contribution in [3.8, 4) is 0 Å². The Morgan fingerprint density at radius 2 is 1.06 bits per heavy atom. The molecule has 0 fully saturated rings. The van der Waals surface area contributed by atoms with Crippen molar-refractivity contribution >= 4 is 27.1 Å². The van der Waals surface area contributed by atoms with E-state index in [4.69, 9.17) is 0 Å². The largest absolute Gasteiger partial charge is 0.226 e. The minimum atomic E-state index is 1.28. The molecule has 2 aromatic heterocycles. The van der Waals surface area contributed by atoms with Gasteiger partial charge in [0.15, 0.2) is 12.4 Å². The summed E-state index contributed by atoms with van der Waals surface area (Å²) in [4.78, 5) is 0. The second-order valence-electron chi connectivity index (χ2n) is 4.56. The Bertz CT molecular complexity index is 807. The number of hydrogen-bond donors (Lipinski definition) is 0. The van der Waals surface area contributed by atoms with Gasteiger partial charge in [0.1, 0.15) is 0 Å². The van der Waals surface area contributed by atoms with Crippen molar-refractivity contribution in [2.75, 3.05) is 0 Å². The first-order valence-corrected chi connectivity index (χ1v) is 6.14. The average molecular weight is 230 g/mol. The van der Waals surface area contributed by atoms with E-state index in [0.717, 1.165) is 0 Å². The molecule has 0 aliphatic carbocycles. The summed E-state index contributed by atoms with van der Waals surface area (Å²) in [6, 6.07) is 21.4. The van der Waals surface area contributed by atoms with Gasteiger partial charge in [0.2, 0.25) is 5.52 Å². The zero-order chi connectivity index (χ0) is 11.9. The zero-order valence-electron chi connectivity index (χ0n) is 9.88. The predicted molar refractivity (Wildman–Crippen MR) is 74.6 cm³/mol. The molecule has 1 heteroatoms. The molecule has 0 amide bonds. The number of aromatic nitrogens is 1. The van der Waals surface area contributed by atoms with Crippen LogP contribution in [0.4, 0.5) is 0 Å². The quantitative estimate of drug-likeness (QED) is 0.320. The third kappa shape index (κ3) is 1.25. The van der Waals surface area contributed by atoms with Crippen molar-refractivity contribution < 1.29 is 4.40 Å². The molecule has 0 aliphatic heterocycles. The maximum absolute atomic E-state index is 2.20. The summed E-state index contributed by atoms with van der Waals surface area (Å²) in [6.45, 7) is 0. The lowest BCUT2D eigenvalue weighted by Gasteiger charge is -2.01. The number of rotatable bonds is 0. The van der Waals surface area contributed by atoms with E-state index in [9.17, 15) is 0 Å². The van der Waals surface area contributed by atoms with Crippen LogP contribution in [-0.2, 0) is 0 Å². The Hall–Kier alpha value is -2.41. The van der Waals surface area contributed by atoms with E-state index < -0.39 is 0 Å². The van der Waals surface area contributed by atoms with Gasteiger partial charge in [0.25, 0.3) is 0 Å². The fourth-order valence-electron chi connectivity index (χ4n) is 2.66. The van der Waals surface area contributed by atoms with Gasteiger partial charge in [-0.2, -0.15) is 4.40 Å². The van der Waals surface area contributed by atoms with Crippen molar-refractivity contribution in [3.63, 3.8) is 0 Å². The number of benzene rings is 2. The summed E-state index contributed by atoms with van der Waals surface area (Å²) >= 11 is 0. The first kappa shape index (κ1) is 9.60. The molecule has 2 heterocycles. The van der Waals surface area contributed by atoms with Crippen LogP contribution in [0.5, 0.6) is 0 Å². The summed E-state index contributed by atoms with van der Waals surface area (Å²) in [7, 11) is 0. The molecule has 0 radical (unpaired) electrons. The van der Waals surface area contributed by atoms with Crippen LogP contribution in [0, 0.1) is 0 Å². The Balaban J connectivity index is 2.38. The van der Waals surface area contributed by atoms with Crippen LogP contribution >= 0.6 is 0 Å². The van der Waals surface area contributed by atoms with Gasteiger partial charge >= 0.3 is 0 Å². The van der Waals surface area contributed by atoms with Gasteiger partial charge in [-0.05, 0) is 22.9 Å². The number of nitrogens with zero attached hydrogens (tertiary/aromatic N) is 1. The molecule has 0 bridgehead atoms. The van der Waals surface area contributed by atoms with E-state index in [-0.39, 0.29) is 0 Å². The SMILES string of the molecule is c1ccc2c(c1)cc[n+]1ccc3ccccc3c21. The van der Waals surface area contributed by atoms with Crippen LogP contribution in [0.1, 0.15) is 0 Å². The maximum Gasteiger partial charge on any atom is 0.226 e. The minimum absolute atomic E-state index is 1.28. The van der Waals surface area contributed by atoms with Gasteiger partial charge in [-0.3, -0.25) is 0 Å². The second kappa shape index (κ2) is 3.54. The van der Waals surface area contributed by atoms with E-state index in [1.807, 2.05) is 0 Å². The molecule has 2 aromatic carbocycles. The van der Waals surface area contributed by atoms with Crippen LogP contribution < -0.4 is 4.40 Å². The summed E-state index contributed by atoms with van der Waals surface area (Å²) in [5.41, 5.74) is 1.28.